The number of nitrogens with zero attached hydrogens (tertiary/aromatic N) is 2. The number of fused-ring (bicyclic) bond motifs is 1. The maximum atomic E-state index is 12.3. The second-order valence-corrected chi connectivity index (χ2v) is 5.75. The van der Waals surface area contributed by atoms with Gasteiger partial charge in [0, 0.05) is 7.05 Å². The van der Waals surface area contributed by atoms with Gasteiger partial charge in [-0.15, -0.1) is 0 Å². The molecule has 0 aliphatic rings. The highest BCUT2D eigenvalue weighted by molar-refractivity contribution is 5.83. The number of amides is 2. The number of carbonyl (C=O) groups excluding carboxylic acids is 2. The van der Waals surface area contributed by atoms with Gasteiger partial charge < -0.3 is 19.9 Å². The van der Waals surface area contributed by atoms with Gasteiger partial charge in [-0.25, -0.2) is 14.6 Å². The molecule has 1 atom stereocenters. The summed E-state index contributed by atoms with van der Waals surface area (Å²) in [6, 6.07) is 6.64. The third-order valence-electron chi connectivity index (χ3n) is 3.57. The molecule has 124 valence electrons. The van der Waals surface area contributed by atoms with E-state index in [2.05, 4.69) is 15.3 Å². The molecule has 0 fully saturated rings. The lowest BCUT2D eigenvalue weighted by Gasteiger charge is -2.23. The van der Waals surface area contributed by atoms with Crippen LogP contribution in [-0.4, -0.2) is 47.1 Å². The van der Waals surface area contributed by atoms with Gasteiger partial charge in [-0.3, -0.25) is 0 Å². The van der Waals surface area contributed by atoms with Crippen LogP contribution in [0.4, 0.5) is 4.79 Å². The van der Waals surface area contributed by atoms with Gasteiger partial charge in [0.05, 0.1) is 24.7 Å². The van der Waals surface area contributed by atoms with Gasteiger partial charge in [0.1, 0.15) is 11.9 Å². The van der Waals surface area contributed by atoms with E-state index in [0.717, 1.165) is 11.0 Å². The molecule has 2 aromatic rings. The Kier molecular flexibility index (Phi) is 5.20. The second-order valence-electron chi connectivity index (χ2n) is 5.75. The largest absolute Gasteiger partial charge is 0.467 e. The lowest BCUT2D eigenvalue weighted by atomic mass is 10.1. The number of nitrogens with one attached hydrogen (secondary N) is 2. The Labute approximate surface area is 135 Å². The Morgan fingerprint density at radius 1 is 1.35 bits per heavy atom. The van der Waals surface area contributed by atoms with Crippen LogP contribution in [0.3, 0.4) is 0 Å². The summed E-state index contributed by atoms with van der Waals surface area (Å²) in [6.07, 6.45) is 0. The molecule has 0 aliphatic heterocycles. The minimum Gasteiger partial charge on any atom is -0.467 e. The van der Waals surface area contributed by atoms with Gasteiger partial charge in [0.25, 0.3) is 0 Å². The smallest absolute Gasteiger partial charge is 0.328 e. The van der Waals surface area contributed by atoms with Crippen LogP contribution in [0.2, 0.25) is 0 Å². The predicted octanol–water partition coefficient (Wildman–Crippen LogP) is 1.90. The van der Waals surface area contributed by atoms with Crippen molar-refractivity contribution >= 4 is 23.0 Å². The Morgan fingerprint density at radius 3 is 2.65 bits per heavy atom. The Balaban J connectivity index is 2.02. The standard InChI is InChI=1S/C16H22N4O3/c1-10(2)14(15(21)23-4)19-16(22)20(3)9-13-17-11-7-5-6-8-12(11)18-13/h5-8,10,14H,9H2,1-4H3,(H,17,18)(H,19,22). The fourth-order valence-corrected chi connectivity index (χ4v) is 2.24. The molecule has 1 unspecified atom stereocenters. The molecule has 7 nitrogen and oxygen atoms in total. The van der Waals surface area contributed by atoms with Crippen molar-refractivity contribution in [3.63, 3.8) is 0 Å². The first-order chi connectivity index (χ1) is 10.9. The van der Waals surface area contributed by atoms with Crippen molar-refractivity contribution in [3.8, 4) is 0 Å². The van der Waals surface area contributed by atoms with Crippen LogP contribution < -0.4 is 5.32 Å². The molecule has 2 rings (SSSR count). The van der Waals surface area contributed by atoms with E-state index in [0.29, 0.717) is 12.4 Å². The van der Waals surface area contributed by atoms with E-state index < -0.39 is 12.0 Å². The molecular formula is C16H22N4O3. The highest BCUT2D eigenvalue weighted by atomic mass is 16.5. The summed E-state index contributed by atoms with van der Waals surface area (Å²) in [5.74, 6) is 0.166. The van der Waals surface area contributed by atoms with Crippen molar-refractivity contribution in [2.24, 2.45) is 5.92 Å². The number of urea groups is 1. The zero-order chi connectivity index (χ0) is 17.0. The monoisotopic (exact) mass is 318 g/mol. The van der Waals surface area contributed by atoms with Gasteiger partial charge >= 0.3 is 12.0 Å². The summed E-state index contributed by atoms with van der Waals surface area (Å²) in [6.45, 7) is 4.01. The molecule has 1 aromatic carbocycles. The molecule has 1 aromatic heterocycles. The molecular weight excluding hydrogens is 296 g/mol. The third kappa shape index (κ3) is 4.00. The fraction of sp³-hybridized carbons (Fsp3) is 0.438. The highest BCUT2D eigenvalue weighted by Gasteiger charge is 2.26. The second kappa shape index (κ2) is 7.13. The van der Waals surface area contributed by atoms with E-state index in [1.165, 1.54) is 12.0 Å². The average molecular weight is 318 g/mol. The minimum absolute atomic E-state index is 0.0639. The van der Waals surface area contributed by atoms with Crippen molar-refractivity contribution in [3.05, 3.63) is 30.1 Å². The quantitative estimate of drug-likeness (QED) is 0.824. The number of imidazole rings is 1. The molecule has 1 heterocycles. The lowest BCUT2D eigenvalue weighted by molar-refractivity contribution is -0.144. The Morgan fingerprint density at radius 2 is 2.04 bits per heavy atom. The van der Waals surface area contributed by atoms with Gasteiger partial charge in [0.2, 0.25) is 0 Å². The zero-order valence-corrected chi connectivity index (χ0v) is 13.8. The summed E-state index contributed by atoms with van der Waals surface area (Å²) in [5, 5.41) is 2.69. The molecule has 2 N–H and O–H groups in total. The van der Waals surface area contributed by atoms with Crippen LogP contribution in [0, 0.1) is 5.92 Å². The molecule has 2 amide bonds. The number of ether oxygens (including phenoxy) is 1. The van der Waals surface area contributed by atoms with E-state index in [1.807, 2.05) is 38.1 Å². The number of benzene rings is 1. The number of aromatic amines is 1. The molecule has 0 radical (unpaired) electrons. The Bertz CT molecular complexity index is 662. The molecule has 0 spiro atoms. The van der Waals surface area contributed by atoms with Crippen molar-refractivity contribution in [2.45, 2.75) is 26.4 Å². The van der Waals surface area contributed by atoms with E-state index in [1.54, 1.807) is 7.05 Å². The molecule has 23 heavy (non-hydrogen) atoms. The van der Waals surface area contributed by atoms with Crippen LogP contribution in [0.5, 0.6) is 0 Å². The number of esters is 1. The maximum Gasteiger partial charge on any atom is 0.328 e. The zero-order valence-electron chi connectivity index (χ0n) is 13.8. The van der Waals surface area contributed by atoms with Gasteiger partial charge in [-0.2, -0.15) is 0 Å². The van der Waals surface area contributed by atoms with Crippen molar-refractivity contribution in [2.75, 3.05) is 14.2 Å². The number of methoxy groups -OCH3 is 1. The number of para-hydroxylation sites is 2. The number of carbonyl (C=O) groups is 2. The first kappa shape index (κ1) is 16.8. The summed E-state index contributed by atoms with van der Waals surface area (Å²) in [5.41, 5.74) is 1.77. The SMILES string of the molecule is COC(=O)C(NC(=O)N(C)Cc1nc2ccccc2[nH]1)C(C)C. The first-order valence-corrected chi connectivity index (χ1v) is 7.45. The number of hydrogen-bond donors (Lipinski definition) is 2. The van der Waals surface area contributed by atoms with Crippen molar-refractivity contribution in [1.82, 2.24) is 20.2 Å². The first-order valence-electron chi connectivity index (χ1n) is 7.45. The normalized spacial score (nSPS) is 12.2. The molecule has 0 aliphatic carbocycles. The lowest BCUT2D eigenvalue weighted by Crippen LogP contribution is -2.49. The molecule has 0 saturated heterocycles. The third-order valence-corrected chi connectivity index (χ3v) is 3.57. The van der Waals surface area contributed by atoms with Crippen LogP contribution in [0.25, 0.3) is 11.0 Å². The Hall–Kier alpha value is -2.57. The van der Waals surface area contributed by atoms with Gasteiger partial charge in [-0.05, 0) is 18.1 Å². The summed E-state index contributed by atoms with van der Waals surface area (Å²) >= 11 is 0. The van der Waals surface area contributed by atoms with Gasteiger partial charge in [0.15, 0.2) is 0 Å². The predicted molar refractivity (Wildman–Crippen MR) is 86.7 cm³/mol. The van der Waals surface area contributed by atoms with E-state index in [9.17, 15) is 9.59 Å². The van der Waals surface area contributed by atoms with Crippen LogP contribution in [0.1, 0.15) is 19.7 Å². The highest BCUT2D eigenvalue weighted by Crippen LogP contribution is 2.11. The van der Waals surface area contributed by atoms with Gasteiger partial charge in [-0.1, -0.05) is 26.0 Å². The number of aromatic nitrogens is 2. The van der Waals surface area contributed by atoms with Crippen molar-refractivity contribution < 1.29 is 14.3 Å². The van der Waals surface area contributed by atoms with E-state index in [4.69, 9.17) is 4.74 Å². The summed E-state index contributed by atoms with van der Waals surface area (Å²) in [4.78, 5) is 33.0. The summed E-state index contributed by atoms with van der Waals surface area (Å²) in [7, 11) is 2.96. The molecule has 7 heteroatoms. The van der Waals surface area contributed by atoms with E-state index >= 15 is 0 Å². The number of rotatable bonds is 5. The molecule has 0 bridgehead atoms. The van der Waals surface area contributed by atoms with Crippen LogP contribution in [-0.2, 0) is 16.1 Å². The summed E-state index contributed by atoms with van der Waals surface area (Å²) < 4.78 is 4.72. The maximum absolute atomic E-state index is 12.3. The topological polar surface area (TPSA) is 87.3 Å². The number of H-pyrrole nitrogens is 1. The average Bonchev–Trinajstić information content (AvgIpc) is 2.93. The van der Waals surface area contributed by atoms with Crippen molar-refractivity contribution in [1.29, 1.82) is 0 Å². The van der Waals surface area contributed by atoms with E-state index in [-0.39, 0.29) is 11.9 Å². The van der Waals surface area contributed by atoms with Crippen LogP contribution in [0.15, 0.2) is 24.3 Å². The fourth-order valence-electron chi connectivity index (χ4n) is 2.24. The van der Waals surface area contributed by atoms with Crippen LogP contribution >= 0.6 is 0 Å². The number of hydrogen-bond acceptors (Lipinski definition) is 4. The minimum atomic E-state index is -0.675. The molecule has 0 saturated carbocycles.